The monoisotopic (exact) mass is 250 g/mol. The Kier molecular flexibility index (Phi) is 3.02. The molecule has 1 heterocycles. The molecule has 3 rings (SSSR count). The van der Waals surface area contributed by atoms with Crippen LogP contribution in [0.4, 0.5) is 5.82 Å². The minimum atomic E-state index is 0.416. The highest BCUT2D eigenvalue weighted by atomic mass is 16.5. The van der Waals surface area contributed by atoms with E-state index in [1.165, 1.54) is 5.39 Å². The number of benzene rings is 2. The van der Waals surface area contributed by atoms with Crippen LogP contribution in [0.1, 0.15) is 5.69 Å². The van der Waals surface area contributed by atoms with Crippen LogP contribution in [0.2, 0.25) is 0 Å². The van der Waals surface area contributed by atoms with Crippen molar-refractivity contribution >= 4 is 16.6 Å². The zero-order chi connectivity index (χ0) is 13.1. The quantitative estimate of drug-likeness (QED) is 0.775. The van der Waals surface area contributed by atoms with Gasteiger partial charge in [-0.05, 0) is 23.6 Å². The van der Waals surface area contributed by atoms with E-state index in [1.54, 1.807) is 6.07 Å². The maximum Gasteiger partial charge on any atom is 0.130 e. The SMILES string of the molecule is Nc1cccc(COc2cccc3ccccc23)n1. The summed E-state index contributed by atoms with van der Waals surface area (Å²) in [5.74, 6) is 1.38. The van der Waals surface area contributed by atoms with Crippen molar-refractivity contribution in [3.63, 3.8) is 0 Å². The summed E-state index contributed by atoms with van der Waals surface area (Å²) in [6.45, 7) is 0.416. The van der Waals surface area contributed by atoms with Gasteiger partial charge in [0.25, 0.3) is 0 Å². The summed E-state index contributed by atoms with van der Waals surface area (Å²) in [6.07, 6.45) is 0. The molecule has 0 spiro atoms. The molecule has 0 bridgehead atoms. The number of hydrogen-bond acceptors (Lipinski definition) is 3. The second-order valence-electron chi connectivity index (χ2n) is 4.32. The van der Waals surface area contributed by atoms with Crippen molar-refractivity contribution in [1.82, 2.24) is 4.98 Å². The molecule has 0 aliphatic heterocycles. The van der Waals surface area contributed by atoms with Crippen molar-refractivity contribution in [3.05, 3.63) is 66.4 Å². The molecule has 0 radical (unpaired) electrons. The van der Waals surface area contributed by atoms with Crippen molar-refractivity contribution in [2.45, 2.75) is 6.61 Å². The topological polar surface area (TPSA) is 48.1 Å². The molecule has 3 nitrogen and oxygen atoms in total. The molecule has 0 saturated heterocycles. The van der Waals surface area contributed by atoms with Gasteiger partial charge in [-0.3, -0.25) is 0 Å². The average molecular weight is 250 g/mol. The van der Waals surface area contributed by atoms with Crippen molar-refractivity contribution in [2.75, 3.05) is 5.73 Å². The fourth-order valence-corrected chi connectivity index (χ4v) is 2.05. The Bertz CT molecular complexity index is 704. The number of aromatic nitrogens is 1. The number of nitrogens with two attached hydrogens (primary N) is 1. The van der Waals surface area contributed by atoms with Crippen LogP contribution < -0.4 is 10.5 Å². The first-order valence-corrected chi connectivity index (χ1v) is 6.15. The lowest BCUT2D eigenvalue weighted by molar-refractivity contribution is 0.305. The van der Waals surface area contributed by atoms with Crippen LogP contribution in [0.5, 0.6) is 5.75 Å². The number of rotatable bonds is 3. The van der Waals surface area contributed by atoms with Gasteiger partial charge in [-0.2, -0.15) is 0 Å². The first-order chi connectivity index (χ1) is 9.33. The summed E-state index contributed by atoms with van der Waals surface area (Å²) >= 11 is 0. The van der Waals surface area contributed by atoms with E-state index in [1.807, 2.05) is 36.4 Å². The number of pyridine rings is 1. The van der Waals surface area contributed by atoms with E-state index in [0.717, 1.165) is 16.8 Å². The lowest BCUT2D eigenvalue weighted by atomic mass is 10.1. The minimum absolute atomic E-state index is 0.416. The predicted molar refractivity (Wildman–Crippen MR) is 76.9 cm³/mol. The number of nitrogens with zero attached hydrogens (tertiary/aromatic N) is 1. The van der Waals surface area contributed by atoms with Gasteiger partial charge in [0.2, 0.25) is 0 Å². The Labute approximate surface area is 111 Å². The highest BCUT2D eigenvalue weighted by Gasteiger charge is 2.02. The van der Waals surface area contributed by atoms with Crippen LogP contribution in [0.25, 0.3) is 10.8 Å². The molecular formula is C16H14N2O. The summed E-state index contributed by atoms with van der Waals surface area (Å²) in [5.41, 5.74) is 6.48. The molecule has 3 aromatic rings. The van der Waals surface area contributed by atoms with Crippen molar-refractivity contribution in [1.29, 1.82) is 0 Å². The third-order valence-corrected chi connectivity index (χ3v) is 2.95. The molecule has 0 aliphatic carbocycles. The molecule has 3 heteroatoms. The van der Waals surface area contributed by atoms with Crippen molar-refractivity contribution < 1.29 is 4.74 Å². The summed E-state index contributed by atoms with van der Waals surface area (Å²) in [5, 5.41) is 2.27. The molecule has 94 valence electrons. The van der Waals surface area contributed by atoms with Crippen molar-refractivity contribution in [2.24, 2.45) is 0 Å². The van der Waals surface area contributed by atoms with E-state index in [9.17, 15) is 0 Å². The number of hydrogen-bond donors (Lipinski definition) is 1. The standard InChI is InChI=1S/C16H14N2O/c17-16-10-4-7-13(18-16)11-19-15-9-3-6-12-5-1-2-8-14(12)15/h1-10H,11H2,(H2,17,18). The summed E-state index contributed by atoms with van der Waals surface area (Å²) < 4.78 is 5.84. The summed E-state index contributed by atoms with van der Waals surface area (Å²) in [7, 11) is 0. The van der Waals surface area contributed by atoms with E-state index < -0.39 is 0 Å². The molecular weight excluding hydrogens is 236 g/mol. The second kappa shape index (κ2) is 4.98. The molecule has 0 aliphatic rings. The number of anilines is 1. The van der Waals surface area contributed by atoms with Gasteiger partial charge < -0.3 is 10.5 Å². The lowest BCUT2D eigenvalue weighted by Gasteiger charge is -2.09. The molecule has 19 heavy (non-hydrogen) atoms. The third kappa shape index (κ3) is 2.50. The molecule has 2 aromatic carbocycles. The second-order valence-corrected chi connectivity index (χ2v) is 4.32. The van der Waals surface area contributed by atoms with Gasteiger partial charge in [-0.15, -0.1) is 0 Å². The van der Waals surface area contributed by atoms with Crippen molar-refractivity contribution in [3.8, 4) is 5.75 Å². The Morgan fingerprint density at radius 1 is 0.895 bits per heavy atom. The summed E-state index contributed by atoms with van der Waals surface area (Å²) in [6, 6.07) is 19.7. The fraction of sp³-hybridized carbons (Fsp3) is 0.0625. The van der Waals surface area contributed by atoms with Gasteiger partial charge in [-0.25, -0.2) is 4.98 Å². The smallest absolute Gasteiger partial charge is 0.130 e. The van der Waals surface area contributed by atoms with Gasteiger partial charge in [0.1, 0.15) is 18.2 Å². The van der Waals surface area contributed by atoms with Gasteiger partial charge >= 0.3 is 0 Å². The predicted octanol–water partition coefficient (Wildman–Crippen LogP) is 3.40. The molecule has 0 fully saturated rings. The van der Waals surface area contributed by atoms with Crippen LogP contribution in [-0.4, -0.2) is 4.98 Å². The molecule has 0 amide bonds. The van der Waals surface area contributed by atoms with Crippen LogP contribution >= 0.6 is 0 Å². The molecule has 0 unspecified atom stereocenters. The minimum Gasteiger partial charge on any atom is -0.487 e. The molecule has 0 saturated carbocycles. The maximum absolute atomic E-state index is 5.84. The highest BCUT2D eigenvalue weighted by molar-refractivity contribution is 5.88. The highest BCUT2D eigenvalue weighted by Crippen LogP contribution is 2.25. The van der Waals surface area contributed by atoms with E-state index >= 15 is 0 Å². The first kappa shape index (κ1) is 11.5. The first-order valence-electron chi connectivity index (χ1n) is 6.15. The van der Waals surface area contributed by atoms with Gasteiger partial charge in [0.15, 0.2) is 0 Å². The average Bonchev–Trinajstić information content (AvgIpc) is 2.45. The van der Waals surface area contributed by atoms with E-state index in [2.05, 4.69) is 23.2 Å². The van der Waals surface area contributed by atoms with Crippen LogP contribution in [-0.2, 0) is 6.61 Å². The molecule has 2 N–H and O–H groups in total. The maximum atomic E-state index is 5.84. The van der Waals surface area contributed by atoms with E-state index in [4.69, 9.17) is 10.5 Å². The molecule has 1 aromatic heterocycles. The lowest BCUT2D eigenvalue weighted by Crippen LogP contribution is -2.00. The van der Waals surface area contributed by atoms with E-state index in [0.29, 0.717) is 12.4 Å². The Hall–Kier alpha value is -2.55. The zero-order valence-corrected chi connectivity index (χ0v) is 10.4. The van der Waals surface area contributed by atoms with Gasteiger partial charge in [0, 0.05) is 5.39 Å². The normalized spacial score (nSPS) is 10.5. The summed E-state index contributed by atoms with van der Waals surface area (Å²) in [4.78, 5) is 4.22. The van der Waals surface area contributed by atoms with Crippen LogP contribution in [0, 0.1) is 0 Å². The number of fused-ring (bicyclic) bond motifs is 1. The Morgan fingerprint density at radius 3 is 2.58 bits per heavy atom. The fourth-order valence-electron chi connectivity index (χ4n) is 2.05. The van der Waals surface area contributed by atoms with Gasteiger partial charge in [-0.1, -0.05) is 42.5 Å². The zero-order valence-electron chi connectivity index (χ0n) is 10.4. The third-order valence-electron chi connectivity index (χ3n) is 2.95. The Morgan fingerprint density at radius 2 is 1.68 bits per heavy atom. The Balaban J connectivity index is 1.86. The van der Waals surface area contributed by atoms with Crippen LogP contribution in [0.15, 0.2) is 60.7 Å². The number of ether oxygens (including phenoxy) is 1. The number of nitrogen functional groups attached to an aromatic ring is 1. The van der Waals surface area contributed by atoms with E-state index in [-0.39, 0.29) is 0 Å². The largest absolute Gasteiger partial charge is 0.487 e. The van der Waals surface area contributed by atoms with Gasteiger partial charge in [0.05, 0.1) is 5.69 Å². The van der Waals surface area contributed by atoms with Crippen LogP contribution in [0.3, 0.4) is 0 Å². The molecule has 0 atom stereocenters.